The van der Waals surface area contributed by atoms with Crippen molar-refractivity contribution in [3.8, 4) is 11.8 Å². The summed E-state index contributed by atoms with van der Waals surface area (Å²) in [4.78, 5) is 15.8. The Balaban J connectivity index is 2.16. The number of hydrogen-bond donors (Lipinski definition) is 0. The van der Waals surface area contributed by atoms with Crippen molar-refractivity contribution in [2.24, 2.45) is 0 Å². The van der Waals surface area contributed by atoms with Gasteiger partial charge in [0, 0.05) is 10.7 Å². The molecule has 0 aliphatic carbocycles. The molecule has 0 bridgehead atoms. The number of carbonyl (C=O) groups is 1. The van der Waals surface area contributed by atoms with Crippen LogP contribution in [0, 0.1) is 11.3 Å². The van der Waals surface area contributed by atoms with Gasteiger partial charge in [0.2, 0.25) is 0 Å². The highest BCUT2D eigenvalue weighted by Crippen LogP contribution is 2.17. The second kappa shape index (κ2) is 6.12. The summed E-state index contributed by atoms with van der Waals surface area (Å²) in [5, 5.41) is 8.64. The lowest BCUT2D eigenvalue weighted by molar-refractivity contribution is 0.0734. The smallest absolute Gasteiger partial charge is 0.343 e. The van der Waals surface area contributed by atoms with E-state index in [0.717, 1.165) is 10.0 Å². The molecule has 19 heavy (non-hydrogen) atoms. The van der Waals surface area contributed by atoms with Gasteiger partial charge in [-0.15, -0.1) is 0 Å². The Morgan fingerprint density at radius 2 is 2.21 bits per heavy atom. The van der Waals surface area contributed by atoms with Crippen molar-refractivity contribution < 1.29 is 9.53 Å². The van der Waals surface area contributed by atoms with Crippen LogP contribution in [0.1, 0.15) is 15.9 Å². The van der Waals surface area contributed by atoms with Gasteiger partial charge in [0.15, 0.2) is 5.75 Å². The molecule has 0 saturated heterocycles. The number of esters is 1. The minimum Gasteiger partial charge on any atom is -0.421 e. The van der Waals surface area contributed by atoms with Crippen molar-refractivity contribution in [1.82, 2.24) is 4.98 Å². The fourth-order valence-corrected chi connectivity index (χ4v) is 1.86. The van der Waals surface area contributed by atoms with Gasteiger partial charge < -0.3 is 4.74 Å². The molecule has 0 unspecified atom stereocenters. The number of rotatable bonds is 3. The molecule has 94 valence electrons. The third kappa shape index (κ3) is 3.63. The fraction of sp³-hybridized carbons (Fsp3) is 0.0714. The van der Waals surface area contributed by atoms with Gasteiger partial charge in [-0.2, -0.15) is 5.26 Å². The minimum absolute atomic E-state index is 0.263. The molecule has 2 aromatic rings. The Hall–Kier alpha value is -2.19. The molecule has 0 N–H and O–H groups in total. The van der Waals surface area contributed by atoms with Crippen LogP contribution in [-0.4, -0.2) is 11.0 Å². The predicted molar refractivity (Wildman–Crippen MR) is 72.7 cm³/mol. The summed E-state index contributed by atoms with van der Waals surface area (Å²) in [7, 11) is 0. The molecule has 0 aliphatic rings. The Morgan fingerprint density at radius 1 is 1.37 bits per heavy atom. The molecule has 0 aliphatic heterocycles. The molecule has 1 aromatic carbocycles. The normalized spacial score (nSPS) is 9.68. The van der Waals surface area contributed by atoms with E-state index in [1.165, 1.54) is 6.20 Å². The number of pyridine rings is 1. The maximum atomic E-state index is 11.9. The third-order valence-corrected chi connectivity index (χ3v) is 2.77. The molecular weight excluding hydrogens is 308 g/mol. The van der Waals surface area contributed by atoms with Gasteiger partial charge in [-0.05, 0) is 39.7 Å². The van der Waals surface area contributed by atoms with Crippen LogP contribution in [0.2, 0.25) is 0 Å². The average molecular weight is 317 g/mol. The van der Waals surface area contributed by atoms with E-state index in [-0.39, 0.29) is 6.42 Å². The highest BCUT2D eigenvalue weighted by molar-refractivity contribution is 9.10. The average Bonchev–Trinajstić information content (AvgIpc) is 2.39. The largest absolute Gasteiger partial charge is 0.421 e. The van der Waals surface area contributed by atoms with Crippen LogP contribution < -0.4 is 4.74 Å². The monoisotopic (exact) mass is 316 g/mol. The Kier molecular flexibility index (Phi) is 4.26. The van der Waals surface area contributed by atoms with Crippen LogP contribution in [0.5, 0.6) is 5.75 Å². The highest BCUT2D eigenvalue weighted by atomic mass is 79.9. The number of hydrogen-bond acceptors (Lipinski definition) is 4. The molecule has 4 nitrogen and oxygen atoms in total. The number of carbonyl (C=O) groups excluding carboxylic acids is 1. The standard InChI is InChI=1S/C14H9BrN2O2/c15-12-7-13(9-17-8-12)19-14(18)11-3-1-2-10(6-11)4-5-16/h1-3,6-9H,4H2. The van der Waals surface area contributed by atoms with E-state index in [1.54, 1.807) is 36.5 Å². The molecule has 0 radical (unpaired) electrons. The molecule has 0 spiro atoms. The van der Waals surface area contributed by atoms with Crippen LogP contribution >= 0.6 is 15.9 Å². The Morgan fingerprint density at radius 3 is 2.95 bits per heavy atom. The second-order valence-corrected chi connectivity index (χ2v) is 4.68. The molecule has 0 atom stereocenters. The molecule has 2 rings (SSSR count). The summed E-state index contributed by atoms with van der Waals surface area (Å²) in [6.07, 6.45) is 3.33. The number of aromatic nitrogens is 1. The van der Waals surface area contributed by atoms with Gasteiger partial charge in [0.1, 0.15) is 0 Å². The summed E-state index contributed by atoms with van der Waals surface area (Å²) < 4.78 is 5.93. The van der Waals surface area contributed by atoms with Gasteiger partial charge in [0.05, 0.1) is 24.3 Å². The maximum Gasteiger partial charge on any atom is 0.343 e. The van der Waals surface area contributed by atoms with E-state index >= 15 is 0 Å². The van der Waals surface area contributed by atoms with E-state index < -0.39 is 5.97 Å². The van der Waals surface area contributed by atoms with Crippen molar-refractivity contribution in [2.75, 3.05) is 0 Å². The SMILES string of the molecule is N#CCc1cccc(C(=O)Oc2cncc(Br)c2)c1. The van der Waals surface area contributed by atoms with Gasteiger partial charge in [0.25, 0.3) is 0 Å². The number of ether oxygens (including phenoxy) is 1. The Labute approximate surface area is 118 Å². The highest BCUT2D eigenvalue weighted by Gasteiger charge is 2.09. The molecule has 0 amide bonds. The lowest BCUT2D eigenvalue weighted by Crippen LogP contribution is -2.09. The first-order chi connectivity index (χ1) is 9.19. The maximum absolute atomic E-state index is 11.9. The first kappa shape index (κ1) is 13.2. The minimum atomic E-state index is -0.473. The van der Waals surface area contributed by atoms with E-state index in [2.05, 4.69) is 20.9 Å². The van der Waals surface area contributed by atoms with Crippen LogP contribution in [0.3, 0.4) is 0 Å². The van der Waals surface area contributed by atoms with Crippen molar-refractivity contribution in [2.45, 2.75) is 6.42 Å². The van der Waals surface area contributed by atoms with Crippen molar-refractivity contribution >= 4 is 21.9 Å². The van der Waals surface area contributed by atoms with Crippen LogP contribution in [0.25, 0.3) is 0 Å². The summed E-state index contributed by atoms with van der Waals surface area (Å²) in [6.45, 7) is 0. The first-order valence-corrected chi connectivity index (χ1v) is 6.27. The third-order valence-electron chi connectivity index (χ3n) is 2.34. The second-order valence-electron chi connectivity index (χ2n) is 3.76. The quantitative estimate of drug-likeness (QED) is 0.816. The van der Waals surface area contributed by atoms with Gasteiger partial charge >= 0.3 is 5.97 Å². The fourth-order valence-electron chi connectivity index (χ4n) is 1.51. The zero-order valence-corrected chi connectivity index (χ0v) is 11.4. The zero-order chi connectivity index (χ0) is 13.7. The number of nitrogens with zero attached hydrogens (tertiary/aromatic N) is 2. The summed E-state index contributed by atoms with van der Waals surface area (Å²) >= 11 is 3.25. The van der Waals surface area contributed by atoms with Gasteiger partial charge in [-0.3, -0.25) is 4.98 Å². The van der Waals surface area contributed by atoms with E-state index in [9.17, 15) is 4.79 Å². The van der Waals surface area contributed by atoms with Crippen LogP contribution in [0.15, 0.2) is 47.2 Å². The zero-order valence-electron chi connectivity index (χ0n) is 9.84. The summed E-state index contributed by atoms with van der Waals surface area (Å²) in [6, 6.07) is 10.5. The van der Waals surface area contributed by atoms with Gasteiger partial charge in [-0.1, -0.05) is 12.1 Å². The molecule has 5 heteroatoms. The lowest BCUT2D eigenvalue weighted by atomic mass is 10.1. The Bertz CT molecular complexity index is 650. The molecular formula is C14H9BrN2O2. The predicted octanol–water partition coefficient (Wildman–Crippen LogP) is 3.13. The molecule has 0 fully saturated rings. The topological polar surface area (TPSA) is 63.0 Å². The summed E-state index contributed by atoms with van der Waals surface area (Å²) in [5.74, 6) is -0.107. The van der Waals surface area contributed by atoms with Crippen molar-refractivity contribution in [1.29, 1.82) is 5.26 Å². The molecule has 0 saturated carbocycles. The number of halogens is 1. The number of benzene rings is 1. The number of nitriles is 1. The van der Waals surface area contributed by atoms with Gasteiger partial charge in [-0.25, -0.2) is 4.79 Å². The van der Waals surface area contributed by atoms with E-state index in [0.29, 0.717) is 11.3 Å². The van der Waals surface area contributed by atoms with Crippen molar-refractivity contribution in [3.63, 3.8) is 0 Å². The molecule has 1 aromatic heterocycles. The van der Waals surface area contributed by atoms with E-state index in [1.807, 2.05) is 6.07 Å². The molecule has 1 heterocycles. The van der Waals surface area contributed by atoms with Crippen molar-refractivity contribution in [3.05, 3.63) is 58.3 Å². The first-order valence-electron chi connectivity index (χ1n) is 5.47. The van der Waals surface area contributed by atoms with Crippen LogP contribution in [0.4, 0.5) is 0 Å². The lowest BCUT2D eigenvalue weighted by Gasteiger charge is -2.05. The van der Waals surface area contributed by atoms with Crippen LogP contribution in [-0.2, 0) is 6.42 Å². The van der Waals surface area contributed by atoms with E-state index in [4.69, 9.17) is 10.00 Å². The summed E-state index contributed by atoms with van der Waals surface area (Å²) in [5.41, 5.74) is 1.19.